The molecule has 0 aromatic rings. The predicted octanol–water partition coefficient (Wildman–Crippen LogP) is 2.22. The number of carbonyl (C=O) groups is 2. The van der Waals surface area contributed by atoms with E-state index in [0.29, 0.717) is 11.1 Å². The lowest BCUT2D eigenvalue weighted by atomic mass is 10.0. The van der Waals surface area contributed by atoms with Crippen molar-refractivity contribution in [1.82, 2.24) is 0 Å². The molecule has 0 unspecified atom stereocenters. The van der Waals surface area contributed by atoms with E-state index in [1.54, 1.807) is 19.9 Å². The molecule has 0 amide bonds. The van der Waals surface area contributed by atoms with E-state index in [-0.39, 0.29) is 11.6 Å². The highest BCUT2D eigenvalue weighted by Crippen LogP contribution is 2.06. The van der Waals surface area contributed by atoms with Crippen LogP contribution in [0.3, 0.4) is 0 Å². The van der Waals surface area contributed by atoms with E-state index in [1.165, 1.54) is 19.1 Å². The SMILES string of the molecule is C=C/C=C/C(=O)/C(C)=C(/C)C(C)=O. The van der Waals surface area contributed by atoms with Crippen molar-refractivity contribution in [2.45, 2.75) is 20.8 Å². The quantitative estimate of drug-likeness (QED) is 0.488. The Kier molecular flexibility index (Phi) is 4.67. The van der Waals surface area contributed by atoms with E-state index < -0.39 is 0 Å². The molecule has 0 aliphatic carbocycles. The van der Waals surface area contributed by atoms with Crippen LogP contribution in [0.1, 0.15) is 20.8 Å². The van der Waals surface area contributed by atoms with Crippen molar-refractivity contribution < 1.29 is 9.59 Å². The van der Waals surface area contributed by atoms with Crippen LogP contribution >= 0.6 is 0 Å². The molecule has 0 atom stereocenters. The summed E-state index contributed by atoms with van der Waals surface area (Å²) in [5.41, 5.74) is 1.00. The summed E-state index contributed by atoms with van der Waals surface area (Å²) < 4.78 is 0. The molecule has 2 heteroatoms. The average Bonchev–Trinajstić information content (AvgIpc) is 2.11. The Hall–Kier alpha value is -1.44. The van der Waals surface area contributed by atoms with Crippen molar-refractivity contribution >= 4 is 11.6 Å². The summed E-state index contributed by atoms with van der Waals surface area (Å²) in [4.78, 5) is 22.2. The first-order valence-electron chi connectivity index (χ1n) is 4.02. The van der Waals surface area contributed by atoms with Crippen LogP contribution in [0.15, 0.2) is 36.0 Å². The second kappa shape index (κ2) is 5.25. The van der Waals surface area contributed by atoms with Gasteiger partial charge in [0.25, 0.3) is 0 Å². The highest BCUT2D eigenvalue weighted by atomic mass is 16.1. The lowest BCUT2D eigenvalue weighted by Crippen LogP contribution is -2.03. The number of allylic oxidation sites excluding steroid dienone is 5. The zero-order valence-corrected chi connectivity index (χ0v) is 8.26. The van der Waals surface area contributed by atoms with Crippen LogP contribution in [0.5, 0.6) is 0 Å². The van der Waals surface area contributed by atoms with Crippen LogP contribution < -0.4 is 0 Å². The molecule has 0 N–H and O–H groups in total. The fraction of sp³-hybridized carbons (Fsp3) is 0.273. The van der Waals surface area contributed by atoms with Gasteiger partial charge in [-0.15, -0.1) is 0 Å². The van der Waals surface area contributed by atoms with Crippen LogP contribution in [0.2, 0.25) is 0 Å². The highest BCUT2D eigenvalue weighted by molar-refractivity contribution is 6.09. The number of hydrogen-bond donors (Lipinski definition) is 0. The largest absolute Gasteiger partial charge is 0.295 e. The summed E-state index contributed by atoms with van der Waals surface area (Å²) >= 11 is 0. The zero-order chi connectivity index (χ0) is 10.4. The molecule has 0 spiro atoms. The van der Waals surface area contributed by atoms with E-state index in [1.807, 2.05) is 0 Å². The van der Waals surface area contributed by atoms with Crippen molar-refractivity contribution in [1.29, 1.82) is 0 Å². The number of rotatable bonds is 4. The lowest BCUT2D eigenvalue weighted by molar-refractivity contribution is -0.115. The van der Waals surface area contributed by atoms with Gasteiger partial charge < -0.3 is 0 Å². The van der Waals surface area contributed by atoms with Gasteiger partial charge in [0.05, 0.1) is 0 Å². The fourth-order valence-electron chi connectivity index (χ4n) is 0.729. The smallest absolute Gasteiger partial charge is 0.181 e. The van der Waals surface area contributed by atoms with Gasteiger partial charge in [-0.1, -0.05) is 18.7 Å². The van der Waals surface area contributed by atoms with Crippen LogP contribution in [-0.4, -0.2) is 11.6 Å². The molecule has 0 aromatic heterocycles. The van der Waals surface area contributed by atoms with Gasteiger partial charge in [-0.2, -0.15) is 0 Å². The van der Waals surface area contributed by atoms with E-state index in [4.69, 9.17) is 0 Å². The summed E-state index contributed by atoms with van der Waals surface area (Å²) in [5, 5.41) is 0. The molecule has 0 radical (unpaired) electrons. The van der Waals surface area contributed by atoms with Crippen LogP contribution in [-0.2, 0) is 9.59 Å². The molecule has 0 heterocycles. The van der Waals surface area contributed by atoms with Crippen molar-refractivity contribution in [3.05, 3.63) is 36.0 Å². The van der Waals surface area contributed by atoms with Gasteiger partial charge in [0.1, 0.15) is 0 Å². The molecular formula is C11H14O2. The minimum Gasteiger partial charge on any atom is -0.295 e. The molecular weight excluding hydrogens is 164 g/mol. The van der Waals surface area contributed by atoms with E-state index in [0.717, 1.165) is 0 Å². The number of Topliss-reactive ketones (excluding diaryl/α,β-unsaturated/α-hetero) is 1. The molecule has 0 fully saturated rings. The van der Waals surface area contributed by atoms with Gasteiger partial charge in [0.15, 0.2) is 11.6 Å². The maximum Gasteiger partial charge on any atom is 0.181 e. The monoisotopic (exact) mass is 178 g/mol. The molecule has 70 valence electrons. The Balaban J connectivity index is 4.78. The molecule has 2 nitrogen and oxygen atoms in total. The van der Waals surface area contributed by atoms with Gasteiger partial charge in [0, 0.05) is 5.57 Å². The molecule has 0 aliphatic rings. The summed E-state index contributed by atoms with van der Waals surface area (Å²) in [6.07, 6.45) is 4.47. The average molecular weight is 178 g/mol. The predicted molar refractivity (Wildman–Crippen MR) is 53.4 cm³/mol. The standard InChI is InChI=1S/C11H14O2/c1-5-6-7-11(13)9(3)8(2)10(4)12/h5-7H,1H2,2-4H3/b7-6+,9-8-. The van der Waals surface area contributed by atoms with Crippen molar-refractivity contribution in [2.75, 3.05) is 0 Å². The molecule has 0 aromatic carbocycles. The third-order valence-electron chi connectivity index (χ3n) is 1.84. The summed E-state index contributed by atoms with van der Waals surface area (Å²) in [6.45, 7) is 8.19. The lowest BCUT2D eigenvalue weighted by Gasteiger charge is -1.99. The second-order valence-corrected chi connectivity index (χ2v) is 2.77. The molecule has 0 saturated carbocycles. The molecule has 0 aliphatic heterocycles. The third-order valence-corrected chi connectivity index (χ3v) is 1.84. The summed E-state index contributed by atoms with van der Waals surface area (Å²) in [7, 11) is 0. The van der Waals surface area contributed by atoms with E-state index in [9.17, 15) is 9.59 Å². The van der Waals surface area contributed by atoms with Gasteiger partial charge in [-0.3, -0.25) is 9.59 Å². The fourth-order valence-corrected chi connectivity index (χ4v) is 0.729. The van der Waals surface area contributed by atoms with Crippen LogP contribution in [0.25, 0.3) is 0 Å². The Labute approximate surface area is 78.6 Å². The first-order chi connectivity index (χ1) is 6.00. The molecule has 0 rings (SSSR count). The van der Waals surface area contributed by atoms with Gasteiger partial charge in [-0.25, -0.2) is 0 Å². The summed E-state index contributed by atoms with van der Waals surface area (Å²) in [6, 6.07) is 0. The van der Waals surface area contributed by atoms with Crippen LogP contribution in [0, 0.1) is 0 Å². The van der Waals surface area contributed by atoms with E-state index in [2.05, 4.69) is 6.58 Å². The van der Waals surface area contributed by atoms with Crippen molar-refractivity contribution in [2.24, 2.45) is 0 Å². The molecule has 0 bridgehead atoms. The normalized spacial score (nSPS) is 12.5. The minimum absolute atomic E-state index is 0.0714. The Bertz CT molecular complexity index is 293. The third kappa shape index (κ3) is 3.65. The molecule has 0 saturated heterocycles. The highest BCUT2D eigenvalue weighted by Gasteiger charge is 2.06. The summed E-state index contributed by atoms with van der Waals surface area (Å²) in [5.74, 6) is -0.217. The zero-order valence-electron chi connectivity index (χ0n) is 8.26. The van der Waals surface area contributed by atoms with Gasteiger partial charge >= 0.3 is 0 Å². The van der Waals surface area contributed by atoms with Gasteiger partial charge in [-0.05, 0) is 32.4 Å². The Morgan fingerprint density at radius 3 is 2.00 bits per heavy atom. The first-order valence-corrected chi connectivity index (χ1v) is 4.02. The van der Waals surface area contributed by atoms with E-state index >= 15 is 0 Å². The molecule has 13 heavy (non-hydrogen) atoms. The maximum atomic E-state index is 11.3. The topological polar surface area (TPSA) is 34.1 Å². The van der Waals surface area contributed by atoms with Gasteiger partial charge in [0.2, 0.25) is 0 Å². The van der Waals surface area contributed by atoms with Crippen LogP contribution in [0.4, 0.5) is 0 Å². The maximum absolute atomic E-state index is 11.3. The van der Waals surface area contributed by atoms with Crippen molar-refractivity contribution in [3.8, 4) is 0 Å². The number of hydrogen-bond acceptors (Lipinski definition) is 2. The first kappa shape index (κ1) is 11.6. The number of ketones is 2. The minimum atomic E-state index is -0.146. The number of carbonyl (C=O) groups excluding carboxylic acids is 2. The van der Waals surface area contributed by atoms with Crippen molar-refractivity contribution in [3.63, 3.8) is 0 Å². The Morgan fingerprint density at radius 1 is 1.08 bits per heavy atom. The Morgan fingerprint density at radius 2 is 1.62 bits per heavy atom. The second-order valence-electron chi connectivity index (χ2n) is 2.77.